The lowest BCUT2D eigenvalue weighted by molar-refractivity contribution is -0.117. The number of benzene rings is 3. The zero-order chi connectivity index (χ0) is 23.8. The van der Waals surface area contributed by atoms with Crippen molar-refractivity contribution >= 4 is 27.6 Å². The second-order valence-electron chi connectivity index (χ2n) is 7.10. The van der Waals surface area contributed by atoms with Gasteiger partial charge in [0.05, 0.1) is 17.1 Å². The number of carbonyl (C=O) groups excluding carboxylic acids is 2. The number of ether oxygens (including phenoxy) is 1. The number of esters is 1. The molecule has 3 rings (SSSR count). The first-order valence-corrected chi connectivity index (χ1v) is 11.7. The van der Waals surface area contributed by atoms with E-state index >= 15 is 0 Å². The lowest BCUT2D eigenvalue weighted by Crippen LogP contribution is -2.45. The van der Waals surface area contributed by atoms with Crippen LogP contribution >= 0.6 is 0 Å². The van der Waals surface area contributed by atoms with E-state index in [1.165, 1.54) is 24.3 Å². The van der Waals surface area contributed by atoms with Crippen LogP contribution in [0.25, 0.3) is 0 Å². The first-order valence-electron chi connectivity index (χ1n) is 10.2. The van der Waals surface area contributed by atoms with Gasteiger partial charge >= 0.3 is 5.97 Å². The molecule has 0 saturated carbocycles. The number of hydrogen-bond acceptors (Lipinski definition) is 5. The lowest BCUT2D eigenvalue weighted by Gasteiger charge is -2.19. The normalized spacial score (nSPS) is 12.1. The fourth-order valence-electron chi connectivity index (χ4n) is 3.04. The van der Waals surface area contributed by atoms with Crippen LogP contribution in [-0.2, 0) is 26.0 Å². The monoisotopic (exact) mass is 470 g/mol. The minimum Gasteiger partial charge on any atom is -0.462 e. The molecule has 1 amide bonds. The molecule has 172 valence electrons. The highest BCUT2D eigenvalue weighted by atomic mass is 32.2. The molecule has 0 radical (unpaired) electrons. The molecule has 3 aromatic carbocycles. The quantitative estimate of drug-likeness (QED) is 0.466. The van der Waals surface area contributed by atoms with Crippen molar-refractivity contribution in [2.24, 2.45) is 0 Å². The van der Waals surface area contributed by atoms with Gasteiger partial charge in [-0.25, -0.2) is 17.6 Å². The summed E-state index contributed by atoms with van der Waals surface area (Å²) in [5.41, 5.74) is 1.46. The molecular formula is C24H23FN2O5S. The smallest absolute Gasteiger partial charge is 0.338 e. The van der Waals surface area contributed by atoms with Gasteiger partial charge in [0.1, 0.15) is 11.9 Å². The Balaban J connectivity index is 1.80. The Hall–Kier alpha value is -3.56. The zero-order valence-electron chi connectivity index (χ0n) is 17.8. The summed E-state index contributed by atoms with van der Waals surface area (Å²) in [6.45, 7) is 1.94. The molecule has 0 aliphatic heterocycles. The van der Waals surface area contributed by atoms with Gasteiger partial charge in [-0.2, -0.15) is 4.72 Å². The molecule has 0 fully saturated rings. The van der Waals surface area contributed by atoms with Crippen LogP contribution in [0.5, 0.6) is 0 Å². The van der Waals surface area contributed by atoms with E-state index in [-0.39, 0.29) is 17.9 Å². The Morgan fingerprint density at radius 3 is 2.18 bits per heavy atom. The first-order chi connectivity index (χ1) is 15.8. The Morgan fingerprint density at radius 1 is 0.939 bits per heavy atom. The Labute approximate surface area is 191 Å². The Morgan fingerprint density at radius 2 is 1.58 bits per heavy atom. The minimum absolute atomic E-state index is 0.0913. The maximum absolute atomic E-state index is 13.2. The van der Waals surface area contributed by atoms with Crippen LogP contribution in [0.3, 0.4) is 0 Å². The highest BCUT2D eigenvalue weighted by Crippen LogP contribution is 2.15. The number of anilines is 1. The van der Waals surface area contributed by atoms with Crippen LogP contribution < -0.4 is 10.0 Å². The van der Waals surface area contributed by atoms with Gasteiger partial charge in [0, 0.05) is 5.69 Å². The number of amides is 1. The van der Waals surface area contributed by atoms with Gasteiger partial charge in [-0.1, -0.05) is 30.3 Å². The van der Waals surface area contributed by atoms with Gasteiger partial charge in [0.25, 0.3) is 0 Å². The van der Waals surface area contributed by atoms with E-state index in [9.17, 15) is 22.4 Å². The van der Waals surface area contributed by atoms with Crippen molar-refractivity contribution in [3.63, 3.8) is 0 Å². The molecule has 7 nitrogen and oxygen atoms in total. The van der Waals surface area contributed by atoms with Crippen LogP contribution in [0.2, 0.25) is 0 Å². The van der Waals surface area contributed by atoms with Crippen LogP contribution in [0.4, 0.5) is 10.1 Å². The number of rotatable bonds is 9. The topological polar surface area (TPSA) is 102 Å². The van der Waals surface area contributed by atoms with Crippen molar-refractivity contribution < 1.29 is 27.1 Å². The van der Waals surface area contributed by atoms with Gasteiger partial charge in [0.2, 0.25) is 15.9 Å². The minimum atomic E-state index is -4.10. The summed E-state index contributed by atoms with van der Waals surface area (Å²) < 4.78 is 46.2. The van der Waals surface area contributed by atoms with E-state index in [0.29, 0.717) is 11.3 Å². The summed E-state index contributed by atoms with van der Waals surface area (Å²) >= 11 is 0. The molecule has 0 aliphatic rings. The third kappa shape index (κ3) is 6.71. The predicted molar refractivity (Wildman–Crippen MR) is 122 cm³/mol. The Bertz CT molecular complexity index is 1200. The summed E-state index contributed by atoms with van der Waals surface area (Å²) in [4.78, 5) is 24.6. The maximum Gasteiger partial charge on any atom is 0.338 e. The van der Waals surface area contributed by atoms with Gasteiger partial charge in [0.15, 0.2) is 0 Å². The molecule has 0 heterocycles. The number of carbonyl (C=O) groups is 2. The van der Waals surface area contributed by atoms with Crippen molar-refractivity contribution in [1.29, 1.82) is 0 Å². The fourth-order valence-corrected chi connectivity index (χ4v) is 4.24. The van der Waals surface area contributed by atoms with E-state index in [1.54, 1.807) is 31.2 Å². The van der Waals surface area contributed by atoms with Crippen LogP contribution in [0, 0.1) is 5.82 Å². The van der Waals surface area contributed by atoms with E-state index in [0.717, 1.165) is 29.8 Å². The van der Waals surface area contributed by atoms with E-state index in [4.69, 9.17) is 4.74 Å². The first kappa shape index (κ1) is 24.1. The molecule has 0 aromatic heterocycles. The third-order valence-corrected chi connectivity index (χ3v) is 6.17. The van der Waals surface area contributed by atoms with Crippen molar-refractivity contribution in [2.75, 3.05) is 11.9 Å². The molecule has 9 heteroatoms. The lowest BCUT2D eigenvalue weighted by atomic mass is 10.1. The molecule has 2 N–H and O–H groups in total. The van der Waals surface area contributed by atoms with E-state index in [2.05, 4.69) is 10.0 Å². The molecule has 3 aromatic rings. The zero-order valence-corrected chi connectivity index (χ0v) is 18.6. The summed E-state index contributed by atoms with van der Waals surface area (Å²) in [5.74, 6) is -1.64. The average molecular weight is 471 g/mol. The van der Waals surface area contributed by atoms with E-state index in [1.807, 2.05) is 6.07 Å². The van der Waals surface area contributed by atoms with Crippen molar-refractivity contribution in [2.45, 2.75) is 24.3 Å². The number of hydrogen-bond donors (Lipinski definition) is 2. The molecule has 1 atom stereocenters. The number of halogens is 1. The molecule has 0 aliphatic carbocycles. The molecule has 0 saturated heterocycles. The standard InChI is InChI=1S/C24H23FN2O5S/c1-2-32-24(29)18-8-12-20(13-9-18)26-23(28)22(16-17-6-4-3-5-7-17)27-33(30,31)21-14-10-19(25)11-15-21/h3-15,22,27H,2,16H2,1H3,(H,26,28). The second-order valence-corrected chi connectivity index (χ2v) is 8.82. The van der Waals surface area contributed by atoms with Crippen molar-refractivity contribution in [3.8, 4) is 0 Å². The molecule has 33 heavy (non-hydrogen) atoms. The van der Waals surface area contributed by atoms with Crippen molar-refractivity contribution in [3.05, 3.63) is 95.8 Å². The number of nitrogens with one attached hydrogen (secondary N) is 2. The largest absolute Gasteiger partial charge is 0.462 e. The molecular weight excluding hydrogens is 447 g/mol. The van der Waals surface area contributed by atoms with Crippen LogP contribution in [-0.4, -0.2) is 32.9 Å². The molecule has 0 spiro atoms. The third-order valence-electron chi connectivity index (χ3n) is 4.68. The van der Waals surface area contributed by atoms with Crippen molar-refractivity contribution in [1.82, 2.24) is 4.72 Å². The summed E-state index contributed by atoms with van der Waals surface area (Å²) in [5, 5.41) is 2.67. The predicted octanol–water partition coefficient (Wildman–Crippen LogP) is 3.53. The maximum atomic E-state index is 13.2. The summed E-state index contributed by atoms with van der Waals surface area (Å²) in [6, 6.07) is 18.2. The average Bonchev–Trinajstić information content (AvgIpc) is 2.80. The number of sulfonamides is 1. The van der Waals surface area contributed by atoms with Crippen LogP contribution in [0.15, 0.2) is 83.8 Å². The van der Waals surface area contributed by atoms with Gasteiger partial charge in [-0.05, 0) is 67.4 Å². The van der Waals surface area contributed by atoms with Crippen LogP contribution in [0.1, 0.15) is 22.8 Å². The second kappa shape index (κ2) is 10.8. The fraction of sp³-hybridized carbons (Fsp3) is 0.167. The van der Waals surface area contributed by atoms with Gasteiger partial charge in [-0.15, -0.1) is 0 Å². The Kier molecular flexibility index (Phi) is 7.92. The van der Waals surface area contributed by atoms with Gasteiger partial charge in [-0.3, -0.25) is 4.79 Å². The summed E-state index contributed by atoms with van der Waals surface area (Å²) in [6.07, 6.45) is 0.0913. The van der Waals surface area contributed by atoms with Gasteiger partial charge < -0.3 is 10.1 Å². The highest BCUT2D eigenvalue weighted by molar-refractivity contribution is 7.89. The molecule has 0 bridgehead atoms. The highest BCUT2D eigenvalue weighted by Gasteiger charge is 2.26. The van der Waals surface area contributed by atoms with E-state index < -0.39 is 33.8 Å². The summed E-state index contributed by atoms with van der Waals surface area (Å²) in [7, 11) is -4.10. The SMILES string of the molecule is CCOC(=O)c1ccc(NC(=O)C(Cc2ccccc2)NS(=O)(=O)c2ccc(F)cc2)cc1. The molecule has 1 unspecified atom stereocenters.